The molecule has 2 heterocycles. The van der Waals surface area contributed by atoms with Crippen LogP contribution >= 0.6 is 0 Å². The van der Waals surface area contributed by atoms with E-state index in [0.717, 1.165) is 11.4 Å². The topological polar surface area (TPSA) is 35.6 Å². The Balaban J connectivity index is 2.01. The van der Waals surface area contributed by atoms with Gasteiger partial charge in [-0.05, 0) is 52.7 Å². The van der Waals surface area contributed by atoms with Gasteiger partial charge in [0.2, 0.25) is 0 Å². The normalized spacial score (nSPS) is 15.7. The van der Waals surface area contributed by atoms with E-state index in [1.54, 1.807) is 0 Å². The van der Waals surface area contributed by atoms with Crippen LogP contribution in [-0.2, 0) is 0 Å². The summed E-state index contributed by atoms with van der Waals surface area (Å²) in [5, 5.41) is 9.44. The van der Waals surface area contributed by atoms with Crippen molar-refractivity contribution in [1.82, 2.24) is 19.6 Å². The van der Waals surface area contributed by atoms with Crippen LogP contribution in [0.5, 0.6) is 0 Å². The highest BCUT2D eigenvalue weighted by Gasteiger charge is 2.28. The van der Waals surface area contributed by atoms with Crippen LogP contribution in [-0.4, -0.2) is 19.6 Å². The molecule has 102 valence electrons. The van der Waals surface area contributed by atoms with Gasteiger partial charge < -0.3 is 0 Å². The van der Waals surface area contributed by atoms with Crippen LogP contribution in [0.25, 0.3) is 11.4 Å². The van der Waals surface area contributed by atoms with E-state index in [1.807, 2.05) is 4.68 Å². The third-order valence-corrected chi connectivity index (χ3v) is 3.64. The minimum Gasteiger partial charge on any atom is -0.270 e. The second-order valence-corrected chi connectivity index (χ2v) is 6.04. The van der Waals surface area contributed by atoms with E-state index < -0.39 is 0 Å². The first kappa shape index (κ1) is 12.5. The number of hydrogen-bond donors (Lipinski definition) is 0. The summed E-state index contributed by atoms with van der Waals surface area (Å²) in [5.74, 6) is 0.686. The Kier molecular flexibility index (Phi) is 2.96. The van der Waals surface area contributed by atoms with Gasteiger partial charge in [-0.25, -0.2) is 0 Å². The molecule has 0 N–H and O–H groups in total. The van der Waals surface area contributed by atoms with E-state index in [1.165, 1.54) is 18.5 Å². The maximum Gasteiger partial charge on any atom is 0.110 e. The van der Waals surface area contributed by atoms with Crippen LogP contribution in [0.1, 0.15) is 64.2 Å². The monoisotopic (exact) mass is 258 g/mol. The standard InChI is InChI=1S/C15H22N4/c1-10(2)18-8-7-13(16-18)15-9-14(12-5-6-12)17-19(15)11(3)4/h7-12H,5-6H2,1-4H3. The Morgan fingerprint density at radius 2 is 1.84 bits per heavy atom. The molecular formula is C15H22N4. The lowest BCUT2D eigenvalue weighted by Crippen LogP contribution is -2.06. The number of aromatic nitrogens is 4. The Morgan fingerprint density at radius 1 is 1.11 bits per heavy atom. The van der Waals surface area contributed by atoms with Crippen LogP contribution in [0.3, 0.4) is 0 Å². The number of hydrogen-bond acceptors (Lipinski definition) is 2. The average Bonchev–Trinajstić information content (AvgIpc) is 2.93. The van der Waals surface area contributed by atoms with Crippen molar-refractivity contribution >= 4 is 0 Å². The fraction of sp³-hybridized carbons (Fsp3) is 0.600. The summed E-state index contributed by atoms with van der Waals surface area (Å²) < 4.78 is 4.12. The third-order valence-electron chi connectivity index (χ3n) is 3.64. The molecule has 0 radical (unpaired) electrons. The average molecular weight is 258 g/mol. The summed E-state index contributed by atoms with van der Waals surface area (Å²) in [6.07, 6.45) is 4.62. The molecule has 1 fully saturated rings. The van der Waals surface area contributed by atoms with Crippen molar-refractivity contribution < 1.29 is 0 Å². The summed E-state index contributed by atoms with van der Waals surface area (Å²) in [6, 6.07) is 5.08. The highest BCUT2D eigenvalue weighted by molar-refractivity contribution is 5.55. The molecule has 1 saturated carbocycles. The second kappa shape index (κ2) is 4.51. The molecule has 1 aliphatic carbocycles. The van der Waals surface area contributed by atoms with Crippen molar-refractivity contribution in [3.63, 3.8) is 0 Å². The molecule has 0 bridgehead atoms. The summed E-state index contributed by atoms with van der Waals surface area (Å²) in [7, 11) is 0. The molecule has 0 atom stereocenters. The fourth-order valence-electron chi connectivity index (χ4n) is 2.34. The van der Waals surface area contributed by atoms with Crippen molar-refractivity contribution in [1.29, 1.82) is 0 Å². The molecule has 4 heteroatoms. The minimum absolute atomic E-state index is 0.367. The smallest absolute Gasteiger partial charge is 0.110 e. The highest BCUT2D eigenvalue weighted by Crippen LogP contribution is 2.40. The van der Waals surface area contributed by atoms with Gasteiger partial charge in [0, 0.05) is 24.2 Å². The van der Waals surface area contributed by atoms with Gasteiger partial charge in [0.1, 0.15) is 5.69 Å². The summed E-state index contributed by atoms with van der Waals surface area (Å²) in [6.45, 7) is 8.64. The van der Waals surface area contributed by atoms with E-state index in [9.17, 15) is 0 Å². The first-order valence-electron chi connectivity index (χ1n) is 7.21. The van der Waals surface area contributed by atoms with Gasteiger partial charge in [-0.3, -0.25) is 9.36 Å². The molecule has 2 aromatic heterocycles. The van der Waals surface area contributed by atoms with Gasteiger partial charge in [-0.1, -0.05) is 0 Å². The van der Waals surface area contributed by atoms with Crippen molar-refractivity contribution in [3.8, 4) is 11.4 Å². The molecule has 0 saturated heterocycles. The van der Waals surface area contributed by atoms with E-state index >= 15 is 0 Å². The van der Waals surface area contributed by atoms with E-state index in [2.05, 4.69) is 55.8 Å². The van der Waals surface area contributed by atoms with Crippen LogP contribution in [0.15, 0.2) is 18.3 Å². The van der Waals surface area contributed by atoms with Gasteiger partial charge in [-0.15, -0.1) is 0 Å². The minimum atomic E-state index is 0.367. The molecular weight excluding hydrogens is 236 g/mol. The zero-order chi connectivity index (χ0) is 13.6. The predicted octanol–water partition coefficient (Wildman–Crippen LogP) is 3.79. The Morgan fingerprint density at radius 3 is 2.37 bits per heavy atom. The quantitative estimate of drug-likeness (QED) is 0.836. The van der Waals surface area contributed by atoms with Crippen molar-refractivity contribution in [2.75, 3.05) is 0 Å². The molecule has 1 aliphatic rings. The SMILES string of the molecule is CC(C)n1ccc(-c2cc(C3CC3)nn2C(C)C)n1. The van der Waals surface area contributed by atoms with Crippen LogP contribution in [0.2, 0.25) is 0 Å². The van der Waals surface area contributed by atoms with Crippen molar-refractivity contribution in [2.45, 2.75) is 58.5 Å². The molecule has 0 amide bonds. The van der Waals surface area contributed by atoms with Gasteiger partial charge in [0.25, 0.3) is 0 Å². The largest absolute Gasteiger partial charge is 0.270 e. The Labute approximate surface area is 114 Å². The molecule has 19 heavy (non-hydrogen) atoms. The molecule has 0 aromatic carbocycles. The molecule has 3 rings (SSSR count). The Hall–Kier alpha value is -1.58. The van der Waals surface area contributed by atoms with Gasteiger partial charge in [0.15, 0.2) is 0 Å². The number of rotatable bonds is 4. The second-order valence-electron chi connectivity index (χ2n) is 6.04. The summed E-state index contributed by atoms with van der Waals surface area (Å²) in [5.41, 5.74) is 3.42. The molecule has 0 unspecified atom stereocenters. The van der Waals surface area contributed by atoms with Gasteiger partial charge in [-0.2, -0.15) is 10.2 Å². The van der Waals surface area contributed by atoms with Crippen molar-refractivity contribution in [3.05, 3.63) is 24.0 Å². The van der Waals surface area contributed by atoms with E-state index in [4.69, 9.17) is 5.10 Å². The van der Waals surface area contributed by atoms with Crippen LogP contribution in [0.4, 0.5) is 0 Å². The molecule has 0 aliphatic heterocycles. The summed E-state index contributed by atoms with van der Waals surface area (Å²) >= 11 is 0. The zero-order valence-electron chi connectivity index (χ0n) is 12.2. The highest BCUT2D eigenvalue weighted by atomic mass is 15.3. The maximum absolute atomic E-state index is 4.77. The third kappa shape index (κ3) is 2.31. The first-order valence-corrected chi connectivity index (χ1v) is 7.21. The van der Waals surface area contributed by atoms with E-state index in [0.29, 0.717) is 18.0 Å². The maximum atomic E-state index is 4.77. The lowest BCUT2D eigenvalue weighted by molar-refractivity contribution is 0.521. The van der Waals surface area contributed by atoms with Crippen molar-refractivity contribution in [2.24, 2.45) is 0 Å². The first-order chi connectivity index (χ1) is 9.06. The predicted molar refractivity (Wildman–Crippen MR) is 76.2 cm³/mol. The molecule has 0 spiro atoms. The van der Waals surface area contributed by atoms with Crippen LogP contribution < -0.4 is 0 Å². The molecule has 2 aromatic rings. The van der Waals surface area contributed by atoms with E-state index in [-0.39, 0.29) is 0 Å². The van der Waals surface area contributed by atoms with Gasteiger partial charge in [0.05, 0.1) is 11.4 Å². The fourth-order valence-corrected chi connectivity index (χ4v) is 2.34. The lowest BCUT2D eigenvalue weighted by atomic mass is 10.2. The summed E-state index contributed by atoms with van der Waals surface area (Å²) in [4.78, 5) is 0. The number of nitrogens with zero attached hydrogens (tertiary/aromatic N) is 4. The zero-order valence-corrected chi connectivity index (χ0v) is 12.2. The Bertz CT molecular complexity index is 573. The molecule has 4 nitrogen and oxygen atoms in total. The van der Waals surface area contributed by atoms with Gasteiger partial charge >= 0.3 is 0 Å². The van der Waals surface area contributed by atoms with Crippen LogP contribution in [0, 0.1) is 0 Å². The lowest BCUT2D eigenvalue weighted by Gasteiger charge is -2.09.